The van der Waals surface area contributed by atoms with Crippen LogP contribution in [0.25, 0.3) is 5.65 Å². The third-order valence-corrected chi connectivity index (χ3v) is 6.77. The number of rotatable bonds is 4. The molecule has 11 heteroatoms. The summed E-state index contributed by atoms with van der Waals surface area (Å²) in [6.07, 6.45) is -1.28. The van der Waals surface area contributed by atoms with Crippen LogP contribution in [0.1, 0.15) is 38.3 Å². The van der Waals surface area contributed by atoms with Crippen LogP contribution in [0, 0.1) is 18.8 Å². The van der Waals surface area contributed by atoms with E-state index in [4.69, 9.17) is 0 Å². The molecule has 3 N–H and O–H groups in total. The molecular weight excluding hydrogens is 521 g/mol. The second-order valence-electron chi connectivity index (χ2n) is 9.62. The van der Waals surface area contributed by atoms with E-state index in [1.165, 1.54) is 12.1 Å². The van der Waals surface area contributed by atoms with Gasteiger partial charge < -0.3 is 15.7 Å². The van der Waals surface area contributed by atoms with E-state index < -0.39 is 17.6 Å². The van der Waals surface area contributed by atoms with Gasteiger partial charge >= 0.3 is 6.18 Å². The number of aromatic nitrogens is 3. The van der Waals surface area contributed by atoms with E-state index in [0.717, 1.165) is 24.7 Å². The molecule has 2 aromatic heterocycles. The Morgan fingerprint density at radius 1 is 1.05 bits per heavy atom. The highest BCUT2D eigenvalue weighted by Crippen LogP contribution is 2.34. The predicted molar refractivity (Wildman–Crippen MR) is 146 cm³/mol. The zero-order chi connectivity index (χ0) is 27.6. The maximum atomic E-state index is 13.9. The number of piperazine rings is 1. The van der Waals surface area contributed by atoms with Crippen molar-refractivity contribution in [1.82, 2.24) is 24.4 Å². The van der Waals surface area contributed by atoms with E-state index in [2.05, 4.69) is 32.1 Å². The highest BCUT2D eigenvalue weighted by Gasteiger charge is 2.34. The molecule has 0 radical (unpaired) electrons. The molecule has 1 saturated heterocycles. The van der Waals surface area contributed by atoms with Gasteiger partial charge in [0.25, 0.3) is 5.91 Å². The Morgan fingerprint density at radius 3 is 2.58 bits per heavy atom. The Hall–Kier alpha value is -4.24. The van der Waals surface area contributed by atoms with Crippen LogP contribution in [0.15, 0.2) is 60.9 Å². The van der Waals surface area contributed by atoms with Gasteiger partial charge in [-0.15, -0.1) is 0 Å². The Morgan fingerprint density at radius 2 is 1.82 bits per heavy atom. The van der Waals surface area contributed by atoms with Crippen molar-refractivity contribution in [2.45, 2.75) is 19.6 Å². The van der Waals surface area contributed by atoms with Crippen molar-refractivity contribution >= 4 is 17.2 Å². The number of anilines is 1. The van der Waals surface area contributed by atoms with Gasteiger partial charge in [-0.1, -0.05) is 18.1 Å². The first-order valence-electron chi connectivity index (χ1n) is 12.5. The van der Waals surface area contributed by atoms with E-state index in [9.17, 15) is 18.0 Å². The number of carbonyl (C=O) groups excluding carboxylic acids is 1. The number of fused-ring (bicyclic) bond motifs is 1. The second kappa shape index (κ2) is 11.9. The first-order valence-corrected chi connectivity index (χ1v) is 12.5. The van der Waals surface area contributed by atoms with Crippen LogP contribution in [-0.4, -0.2) is 69.0 Å². The largest absolute Gasteiger partial charge is 0.416 e. The molecule has 0 aliphatic carbocycles. The number of nitrogens with zero attached hydrogens (tertiary/aromatic N) is 5. The van der Waals surface area contributed by atoms with Crippen molar-refractivity contribution in [2.24, 2.45) is 0 Å². The smallest absolute Gasteiger partial charge is 0.412 e. The summed E-state index contributed by atoms with van der Waals surface area (Å²) in [4.78, 5) is 21.4. The van der Waals surface area contributed by atoms with Crippen molar-refractivity contribution in [3.05, 3.63) is 94.4 Å². The summed E-state index contributed by atoms with van der Waals surface area (Å²) in [7, 11) is 2.00. The zero-order valence-corrected chi connectivity index (χ0v) is 22.1. The number of carbonyl (C=O) groups is 1. The summed E-state index contributed by atoms with van der Waals surface area (Å²) >= 11 is 0. The van der Waals surface area contributed by atoms with E-state index in [-0.39, 0.29) is 28.8 Å². The predicted octanol–water partition coefficient (Wildman–Crippen LogP) is 3.63. The first kappa shape index (κ1) is 28.8. The van der Waals surface area contributed by atoms with Crippen molar-refractivity contribution in [3.8, 4) is 11.8 Å². The maximum Gasteiger partial charge on any atom is 0.416 e. The molecule has 1 aliphatic rings. The summed E-state index contributed by atoms with van der Waals surface area (Å²) in [5.41, 5.74) is 2.56. The molecule has 2 aromatic carbocycles. The van der Waals surface area contributed by atoms with Gasteiger partial charge in [0.15, 0.2) is 5.65 Å². The number of benzene rings is 2. The Balaban J connectivity index is 0.00000370. The summed E-state index contributed by atoms with van der Waals surface area (Å²) in [5.74, 6) is 5.57. The molecule has 1 fully saturated rings. The van der Waals surface area contributed by atoms with Gasteiger partial charge in [0.1, 0.15) is 5.69 Å². The summed E-state index contributed by atoms with van der Waals surface area (Å²) < 4.78 is 43.4. The summed E-state index contributed by atoms with van der Waals surface area (Å²) in [6, 6.07) is 12.6. The highest BCUT2D eigenvalue weighted by atomic mass is 19.4. The minimum atomic E-state index is -4.54. The van der Waals surface area contributed by atoms with Crippen LogP contribution in [0.4, 0.5) is 18.9 Å². The standard InChI is InChI=1S/C29H27F3N6O.H2O/c1-20-5-6-22(16-21(20)8-10-25-18-33-27-4-3-11-34-38(25)27)28(39)35-24-9-7-23(26(17-24)29(30,31)32)19-37-14-12-36(2)13-15-37;/h3-7,9,11,16-18H,12-15,19H2,1-2H3,(H,35,39);1H2. The lowest BCUT2D eigenvalue weighted by Gasteiger charge is -2.33. The zero-order valence-electron chi connectivity index (χ0n) is 22.1. The molecule has 0 atom stereocenters. The number of halogens is 3. The number of aryl methyl sites for hydroxylation is 1. The molecule has 1 amide bonds. The quantitative estimate of drug-likeness (QED) is 0.392. The fourth-order valence-electron chi connectivity index (χ4n) is 4.45. The number of amides is 1. The monoisotopic (exact) mass is 550 g/mol. The number of alkyl halides is 3. The van der Waals surface area contributed by atoms with E-state index in [1.54, 1.807) is 41.2 Å². The van der Waals surface area contributed by atoms with E-state index >= 15 is 0 Å². The van der Waals surface area contributed by atoms with Crippen molar-refractivity contribution in [1.29, 1.82) is 0 Å². The Kier molecular flexibility index (Phi) is 8.54. The SMILES string of the molecule is Cc1ccc(C(=O)Nc2ccc(CN3CCN(C)CC3)c(C(F)(F)F)c2)cc1C#Cc1cnc2cccnn12.O. The highest BCUT2D eigenvalue weighted by molar-refractivity contribution is 6.04. The van der Waals surface area contributed by atoms with Gasteiger partial charge in [-0.25, -0.2) is 9.50 Å². The van der Waals surface area contributed by atoms with Crippen LogP contribution in [-0.2, 0) is 12.7 Å². The van der Waals surface area contributed by atoms with Crippen LogP contribution in [0.2, 0.25) is 0 Å². The minimum Gasteiger partial charge on any atom is -0.412 e. The molecule has 1 aliphatic heterocycles. The van der Waals surface area contributed by atoms with E-state index in [1.807, 2.05) is 24.9 Å². The van der Waals surface area contributed by atoms with Crippen molar-refractivity contribution in [2.75, 3.05) is 38.5 Å². The summed E-state index contributed by atoms with van der Waals surface area (Å²) in [6.45, 7) is 5.12. The fourth-order valence-corrected chi connectivity index (χ4v) is 4.45. The van der Waals surface area contributed by atoms with Crippen LogP contribution < -0.4 is 5.32 Å². The lowest BCUT2D eigenvalue weighted by molar-refractivity contribution is -0.138. The lowest BCUT2D eigenvalue weighted by atomic mass is 10.0. The van der Waals surface area contributed by atoms with Gasteiger partial charge in [0.05, 0.1) is 11.8 Å². The molecule has 208 valence electrons. The molecule has 4 aromatic rings. The number of hydrogen-bond donors (Lipinski definition) is 1. The van der Waals surface area contributed by atoms with Gasteiger partial charge in [-0.3, -0.25) is 9.69 Å². The Labute approximate surface area is 229 Å². The minimum absolute atomic E-state index is 0. The number of nitrogens with one attached hydrogen (secondary N) is 1. The van der Waals surface area contributed by atoms with Crippen molar-refractivity contribution < 1.29 is 23.4 Å². The molecule has 3 heterocycles. The molecule has 0 unspecified atom stereocenters. The average Bonchev–Trinajstić information content (AvgIpc) is 3.33. The number of imidazole rings is 1. The molecule has 8 nitrogen and oxygen atoms in total. The summed E-state index contributed by atoms with van der Waals surface area (Å²) in [5, 5.41) is 6.85. The number of likely N-dealkylation sites (N-methyl/N-ethyl adjacent to an activating group) is 1. The molecule has 0 saturated carbocycles. The van der Waals surface area contributed by atoms with Crippen LogP contribution >= 0.6 is 0 Å². The molecule has 40 heavy (non-hydrogen) atoms. The molecule has 5 rings (SSSR count). The second-order valence-corrected chi connectivity index (χ2v) is 9.62. The lowest BCUT2D eigenvalue weighted by Crippen LogP contribution is -2.44. The van der Waals surface area contributed by atoms with Crippen LogP contribution in [0.3, 0.4) is 0 Å². The third kappa shape index (κ3) is 6.48. The van der Waals surface area contributed by atoms with E-state index in [0.29, 0.717) is 30.0 Å². The van der Waals surface area contributed by atoms with Gasteiger partial charge in [0.2, 0.25) is 0 Å². The topological polar surface area (TPSA) is 97.3 Å². The Bertz CT molecular complexity index is 1580. The number of hydrogen-bond acceptors (Lipinski definition) is 5. The van der Waals surface area contributed by atoms with Crippen LogP contribution in [0.5, 0.6) is 0 Å². The maximum absolute atomic E-state index is 13.9. The molecule has 0 spiro atoms. The normalized spacial score (nSPS) is 14.3. The van der Waals surface area contributed by atoms with Gasteiger partial charge in [-0.05, 0) is 67.4 Å². The fraction of sp³-hybridized carbons (Fsp3) is 0.276. The van der Waals surface area contributed by atoms with Gasteiger partial charge in [-0.2, -0.15) is 18.3 Å². The third-order valence-electron chi connectivity index (χ3n) is 6.77. The van der Waals surface area contributed by atoms with Gasteiger partial charge in [0, 0.05) is 55.7 Å². The molecule has 0 bridgehead atoms. The van der Waals surface area contributed by atoms with Crippen molar-refractivity contribution in [3.63, 3.8) is 0 Å². The average molecular weight is 551 g/mol. The first-order chi connectivity index (χ1) is 18.7. The molecular formula is C29H29F3N6O2.